The van der Waals surface area contributed by atoms with Crippen molar-refractivity contribution in [2.24, 2.45) is 0 Å². The number of carbonyl (C=O) groups excluding carboxylic acids is 2. The molecule has 2 aromatic carbocycles. The summed E-state index contributed by atoms with van der Waals surface area (Å²) in [4.78, 5) is 33.5. The number of anilines is 2. The van der Waals surface area contributed by atoms with E-state index in [4.69, 9.17) is 4.74 Å². The fourth-order valence-corrected chi connectivity index (χ4v) is 4.70. The highest BCUT2D eigenvalue weighted by molar-refractivity contribution is 5.90. The van der Waals surface area contributed by atoms with Gasteiger partial charge >= 0.3 is 6.03 Å². The zero-order chi connectivity index (χ0) is 22.6. The summed E-state index contributed by atoms with van der Waals surface area (Å²) in [6.07, 6.45) is 0. The molecule has 3 amide bonds. The average Bonchev–Trinajstić information content (AvgIpc) is 3.30. The van der Waals surface area contributed by atoms with E-state index in [0.29, 0.717) is 32.8 Å². The Bertz CT molecular complexity index is 957. The summed E-state index contributed by atoms with van der Waals surface area (Å²) in [5, 5.41) is 3.01. The number of carbonyl (C=O) groups is 2. The summed E-state index contributed by atoms with van der Waals surface area (Å²) < 4.78 is 5.36. The van der Waals surface area contributed by atoms with E-state index in [9.17, 15) is 9.59 Å². The van der Waals surface area contributed by atoms with Gasteiger partial charge in [0.25, 0.3) is 0 Å². The van der Waals surface area contributed by atoms with Crippen LogP contribution >= 0.6 is 0 Å². The van der Waals surface area contributed by atoms with Crippen molar-refractivity contribution in [2.45, 2.75) is 13.1 Å². The molecule has 0 bridgehead atoms. The second-order valence-electron chi connectivity index (χ2n) is 8.86. The summed E-state index contributed by atoms with van der Waals surface area (Å²) in [6, 6.07) is 16.1. The van der Waals surface area contributed by atoms with Gasteiger partial charge in [-0.2, -0.15) is 0 Å². The molecule has 3 aliphatic heterocycles. The first kappa shape index (κ1) is 21.7. The normalized spacial score (nSPS) is 18.8. The molecule has 5 rings (SSSR count). The minimum Gasteiger partial charge on any atom is -0.379 e. The molecule has 0 atom stereocenters. The fourth-order valence-electron chi connectivity index (χ4n) is 4.70. The predicted octanol–water partition coefficient (Wildman–Crippen LogP) is 2.22. The van der Waals surface area contributed by atoms with E-state index in [0.717, 1.165) is 50.6 Å². The number of fused-ring (bicyclic) bond motifs is 1. The Labute approximate surface area is 194 Å². The van der Waals surface area contributed by atoms with Gasteiger partial charge in [0.15, 0.2) is 0 Å². The first-order valence-electron chi connectivity index (χ1n) is 11.7. The molecule has 0 unspecified atom stereocenters. The maximum atomic E-state index is 12.7. The molecule has 3 aliphatic rings. The summed E-state index contributed by atoms with van der Waals surface area (Å²) >= 11 is 0. The van der Waals surface area contributed by atoms with Crippen LogP contribution < -0.4 is 10.2 Å². The van der Waals surface area contributed by atoms with Crippen LogP contribution in [0.1, 0.15) is 11.1 Å². The first-order chi connectivity index (χ1) is 16.2. The maximum absolute atomic E-state index is 12.7. The van der Waals surface area contributed by atoms with Gasteiger partial charge in [-0.1, -0.05) is 24.3 Å². The molecule has 174 valence electrons. The van der Waals surface area contributed by atoms with E-state index >= 15 is 0 Å². The van der Waals surface area contributed by atoms with E-state index < -0.39 is 0 Å². The smallest absolute Gasteiger partial charge is 0.322 e. The Balaban J connectivity index is 1.09. The zero-order valence-electron chi connectivity index (χ0n) is 18.9. The third kappa shape index (κ3) is 5.12. The molecule has 33 heavy (non-hydrogen) atoms. The van der Waals surface area contributed by atoms with E-state index in [2.05, 4.69) is 27.2 Å². The minimum absolute atomic E-state index is 0.0775. The van der Waals surface area contributed by atoms with Gasteiger partial charge in [0.2, 0.25) is 5.91 Å². The van der Waals surface area contributed by atoms with Gasteiger partial charge in [0, 0.05) is 63.7 Å². The molecule has 0 saturated carbocycles. The molecular weight excluding hydrogens is 418 g/mol. The lowest BCUT2D eigenvalue weighted by Crippen LogP contribution is -2.52. The van der Waals surface area contributed by atoms with Crippen molar-refractivity contribution in [3.63, 3.8) is 0 Å². The van der Waals surface area contributed by atoms with E-state index in [1.165, 1.54) is 11.1 Å². The van der Waals surface area contributed by atoms with Crippen LogP contribution in [0.2, 0.25) is 0 Å². The van der Waals surface area contributed by atoms with Gasteiger partial charge in [-0.3, -0.25) is 9.69 Å². The second kappa shape index (κ2) is 9.80. The van der Waals surface area contributed by atoms with Crippen molar-refractivity contribution in [1.82, 2.24) is 14.7 Å². The van der Waals surface area contributed by atoms with E-state index in [1.54, 1.807) is 0 Å². The third-order valence-corrected chi connectivity index (χ3v) is 6.71. The topological polar surface area (TPSA) is 68.4 Å². The Hall–Kier alpha value is -3.10. The molecule has 3 heterocycles. The van der Waals surface area contributed by atoms with Crippen LogP contribution in [-0.2, 0) is 22.6 Å². The molecule has 0 aliphatic carbocycles. The Kier molecular flexibility index (Phi) is 6.46. The van der Waals surface area contributed by atoms with Crippen LogP contribution in [0.25, 0.3) is 0 Å². The number of hydrogen-bond acceptors (Lipinski definition) is 5. The number of nitrogens with zero attached hydrogens (tertiary/aromatic N) is 4. The number of rotatable bonds is 4. The quantitative estimate of drug-likeness (QED) is 0.775. The van der Waals surface area contributed by atoms with Crippen molar-refractivity contribution < 1.29 is 14.3 Å². The van der Waals surface area contributed by atoms with Gasteiger partial charge in [-0.15, -0.1) is 0 Å². The largest absolute Gasteiger partial charge is 0.379 e. The number of nitrogens with one attached hydrogen (secondary N) is 1. The van der Waals surface area contributed by atoms with Crippen molar-refractivity contribution in [3.05, 3.63) is 59.7 Å². The molecule has 0 aromatic heterocycles. The first-order valence-corrected chi connectivity index (χ1v) is 11.7. The highest BCUT2D eigenvalue weighted by Crippen LogP contribution is 2.24. The van der Waals surface area contributed by atoms with Crippen molar-refractivity contribution in [3.8, 4) is 0 Å². The van der Waals surface area contributed by atoms with E-state index in [-0.39, 0.29) is 11.9 Å². The lowest BCUT2D eigenvalue weighted by molar-refractivity contribution is -0.133. The molecule has 2 fully saturated rings. The molecule has 1 N–H and O–H groups in total. The summed E-state index contributed by atoms with van der Waals surface area (Å²) in [5.74, 6) is 0.207. The maximum Gasteiger partial charge on any atom is 0.322 e. The molecular formula is C25H31N5O3. The van der Waals surface area contributed by atoms with Crippen LogP contribution in [0, 0.1) is 0 Å². The molecule has 8 nitrogen and oxygen atoms in total. The lowest BCUT2D eigenvalue weighted by atomic mass is 10.1. The second-order valence-corrected chi connectivity index (χ2v) is 8.86. The van der Waals surface area contributed by atoms with Crippen LogP contribution in [0.15, 0.2) is 48.5 Å². The Morgan fingerprint density at radius 1 is 0.788 bits per heavy atom. The Morgan fingerprint density at radius 3 is 2.06 bits per heavy atom. The third-order valence-electron chi connectivity index (χ3n) is 6.71. The van der Waals surface area contributed by atoms with Crippen LogP contribution in [-0.4, -0.2) is 85.7 Å². The number of ether oxygens (including phenoxy) is 1. The van der Waals surface area contributed by atoms with Crippen molar-refractivity contribution in [2.75, 3.05) is 69.2 Å². The van der Waals surface area contributed by atoms with Crippen molar-refractivity contribution in [1.29, 1.82) is 0 Å². The fraction of sp³-hybridized carbons (Fsp3) is 0.440. The monoisotopic (exact) mass is 449 g/mol. The standard InChI is InChI=1S/C25H31N5O3/c31-24(19-27-13-15-33-16-14-27)29-11-9-28(10-12-29)23-7-5-22(6-8-23)26-25(32)30-17-20-3-1-2-4-21(20)18-30/h1-8H,9-19H2,(H,26,32). The van der Waals surface area contributed by atoms with Crippen molar-refractivity contribution >= 4 is 23.3 Å². The number of piperazine rings is 1. The molecule has 0 spiro atoms. The van der Waals surface area contributed by atoms with Crippen LogP contribution in [0.3, 0.4) is 0 Å². The minimum atomic E-state index is -0.0775. The highest BCUT2D eigenvalue weighted by Gasteiger charge is 2.25. The SMILES string of the molecule is O=C(CN1CCOCC1)N1CCN(c2ccc(NC(=O)N3Cc4ccccc4C3)cc2)CC1. The zero-order valence-corrected chi connectivity index (χ0v) is 18.9. The highest BCUT2D eigenvalue weighted by atomic mass is 16.5. The number of urea groups is 1. The van der Waals surface area contributed by atoms with Gasteiger partial charge in [0.05, 0.1) is 19.8 Å². The molecule has 0 radical (unpaired) electrons. The van der Waals surface area contributed by atoms with Crippen LogP contribution in [0.5, 0.6) is 0 Å². The summed E-state index contributed by atoms with van der Waals surface area (Å²) in [5.41, 5.74) is 4.33. The number of hydrogen-bond donors (Lipinski definition) is 1. The molecule has 8 heteroatoms. The van der Waals surface area contributed by atoms with Gasteiger partial charge in [0.1, 0.15) is 0 Å². The number of amides is 3. The van der Waals surface area contributed by atoms with Gasteiger partial charge in [-0.25, -0.2) is 4.79 Å². The summed E-state index contributed by atoms with van der Waals surface area (Å²) in [7, 11) is 0. The van der Waals surface area contributed by atoms with Crippen LogP contribution in [0.4, 0.5) is 16.2 Å². The predicted molar refractivity (Wildman–Crippen MR) is 127 cm³/mol. The number of benzene rings is 2. The Morgan fingerprint density at radius 2 is 1.42 bits per heavy atom. The molecule has 2 aromatic rings. The number of morpholine rings is 1. The molecule has 2 saturated heterocycles. The van der Waals surface area contributed by atoms with Gasteiger partial charge in [-0.05, 0) is 35.4 Å². The van der Waals surface area contributed by atoms with Gasteiger partial charge < -0.3 is 24.8 Å². The average molecular weight is 450 g/mol. The lowest BCUT2D eigenvalue weighted by Gasteiger charge is -2.37. The summed E-state index contributed by atoms with van der Waals surface area (Å²) in [6.45, 7) is 7.96. The van der Waals surface area contributed by atoms with E-state index in [1.807, 2.05) is 46.2 Å².